The van der Waals surface area contributed by atoms with Gasteiger partial charge in [0.1, 0.15) is 5.69 Å². The topological polar surface area (TPSA) is 131 Å². The normalized spacial score (nSPS) is 10.7. The van der Waals surface area contributed by atoms with Crippen LogP contribution in [0.1, 0.15) is 27.2 Å². The Bertz CT molecular complexity index is 1380. The summed E-state index contributed by atoms with van der Waals surface area (Å²) in [5.41, 5.74) is 17.6. The number of nitrogens with two attached hydrogens (primary N) is 2. The number of hydrogen-bond donors (Lipinski definition) is 4. The first kappa shape index (κ1) is 23.8. The van der Waals surface area contributed by atoms with Crippen molar-refractivity contribution < 1.29 is 14.7 Å². The third-order valence-electron chi connectivity index (χ3n) is 5.65. The Labute approximate surface area is 203 Å². The van der Waals surface area contributed by atoms with Gasteiger partial charge in [0.25, 0.3) is 5.91 Å². The third kappa shape index (κ3) is 5.60. The average Bonchev–Trinajstić information content (AvgIpc) is 2.89. The Hall–Kier alpha value is -4.33. The van der Waals surface area contributed by atoms with Gasteiger partial charge in [0.05, 0.1) is 12.1 Å². The van der Waals surface area contributed by atoms with Gasteiger partial charge in [-0.25, -0.2) is 4.98 Å². The number of carboxylic acids is 1. The minimum absolute atomic E-state index is 0.207. The summed E-state index contributed by atoms with van der Waals surface area (Å²) in [7, 11) is 0. The number of aromatic nitrogens is 1. The first-order valence-corrected chi connectivity index (χ1v) is 11.2. The number of carbonyl (C=O) groups is 2. The summed E-state index contributed by atoms with van der Waals surface area (Å²) in [4.78, 5) is 29.6. The molecular weight excluding hydrogens is 440 g/mol. The summed E-state index contributed by atoms with van der Waals surface area (Å²) in [5.74, 6) is -1.42. The first-order valence-electron chi connectivity index (χ1n) is 11.2. The summed E-state index contributed by atoms with van der Waals surface area (Å²) >= 11 is 0. The molecule has 0 fully saturated rings. The summed E-state index contributed by atoms with van der Waals surface area (Å²) in [6.45, 7) is 0.765. The van der Waals surface area contributed by atoms with Gasteiger partial charge in [-0.3, -0.25) is 9.59 Å². The molecule has 4 rings (SSSR count). The number of amides is 1. The van der Waals surface area contributed by atoms with Crippen LogP contribution in [0.5, 0.6) is 0 Å². The lowest BCUT2D eigenvalue weighted by molar-refractivity contribution is -0.136. The average molecular weight is 467 g/mol. The predicted octanol–water partition coefficient (Wildman–Crippen LogP) is 4.21. The Kier molecular flexibility index (Phi) is 7.30. The second-order valence-electron chi connectivity index (χ2n) is 8.08. The van der Waals surface area contributed by atoms with Crippen LogP contribution >= 0.6 is 0 Å². The van der Waals surface area contributed by atoms with Crippen LogP contribution in [-0.2, 0) is 24.3 Å². The summed E-state index contributed by atoms with van der Waals surface area (Å²) in [5, 5.41) is 12.1. The Morgan fingerprint density at radius 1 is 0.800 bits per heavy atom. The van der Waals surface area contributed by atoms with Crippen LogP contribution in [-0.4, -0.2) is 22.0 Å². The van der Waals surface area contributed by atoms with E-state index in [1.807, 2.05) is 60.7 Å². The number of rotatable bonds is 8. The molecule has 0 saturated heterocycles. The van der Waals surface area contributed by atoms with E-state index in [0.717, 1.165) is 22.3 Å². The number of nitrogens with zero attached hydrogens (tertiary/aromatic N) is 1. The number of carbonyl (C=O) groups excluding carboxylic acids is 1. The number of anilines is 1. The molecule has 3 aromatic carbocycles. The van der Waals surface area contributed by atoms with E-state index >= 15 is 0 Å². The van der Waals surface area contributed by atoms with E-state index in [1.54, 1.807) is 24.3 Å². The van der Waals surface area contributed by atoms with Gasteiger partial charge in [-0.2, -0.15) is 0 Å². The van der Waals surface area contributed by atoms with Crippen molar-refractivity contribution in [3.05, 3.63) is 107 Å². The van der Waals surface area contributed by atoms with Crippen molar-refractivity contribution in [2.45, 2.75) is 19.5 Å². The molecule has 7 nitrogen and oxygen atoms in total. The van der Waals surface area contributed by atoms with Gasteiger partial charge in [0.15, 0.2) is 0 Å². The lowest BCUT2D eigenvalue weighted by atomic mass is 9.99. The van der Waals surface area contributed by atoms with E-state index in [4.69, 9.17) is 16.5 Å². The van der Waals surface area contributed by atoms with Crippen LogP contribution in [0.2, 0.25) is 0 Å². The number of carboxylic acid groups (broad SMARTS) is 1. The largest absolute Gasteiger partial charge is 0.481 e. The van der Waals surface area contributed by atoms with E-state index in [2.05, 4.69) is 5.32 Å². The van der Waals surface area contributed by atoms with Crippen LogP contribution in [0.15, 0.2) is 84.9 Å². The molecule has 0 spiro atoms. The molecule has 1 aromatic heterocycles. The van der Waals surface area contributed by atoms with Crippen molar-refractivity contribution in [3.8, 4) is 22.4 Å². The standard InChI is InChI=1S/C28H26N4O3/c29-16-18-5-3-8-20(13-18)23-11-12-25(21-9-4-6-19(14-21)17-30)31-27(23)28(35)32-24-10-2-1-7-22(24)15-26(33)34/h1-14H,15-17,29-30H2,(H,32,35)(H,33,34). The maximum atomic E-state index is 13.5. The maximum Gasteiger partial charge on any atom is 0.307 e. The molecule has 7 heteroatoms. The van der Waals surface area contributed by atoms with E-state index in [-0.39, 0.29) is 12.1 Å². The minimum Gasteiger partial charge on any atom is -0.481 e. The van der Waals surface area contributed by atoms with E-state index in [1.165, 1.54) is 0 Å². The third-order valence-corrected chi connectivity index (χ3v) is 5.65. The fourth-order valence-corrected chi connectivity index (χ4v) is 3.89. The van der Waals surface area contributed by atoms with E-state index in [9.17, 15) is 14.7 Å². The fraction of sp³-hybridized carbons (Fsp3) is 0.107. The van der Waals surface area contributed by atoms with Crippen LogP contribution in [0.4, 0.5) is 5.69 Å². The monoisotopic (exact) mass is 466 g/mol. The number of para-hydroxylation sites is 1. The van der Waals surface area contributed by atoms with Crippen molar-refractivity contribution in [3.63, 3.8) is 0 Å². The molecule has 1 heterocycles. The Morgan fingerprint density at radius 2 is 1.46 bits per heavy atom. The molecule has 35 heavy (non-hydrogen) atoms. The highest BCUT2D eigenvalue weighted by Crippen LogP contribution is 2.29. The Morgan fingerprint density at radius 3 is 2.14 bits per heavy atom. The number of pyridine rings is 1. The lowest BCUT2D eigenvalue weighted by Gasteiger charge is -2.14. The predicted molar refractivity (Wildman–Crippen MR) is 137 cm³/mol. The fourth-order valence-electron chi connectivity index (χ4n) is 3.89. The smallest absolute Gasteiger partial charge is 0.307 e. The molecule has 1 amide bonds. The second kappa shape index (κ2) is 10.7. The molecule has 4 aromatic rings. The van der Waals surface area contributed by atoms with Crippen LogP contribution < -0.4 is 16.8 Å². The summed E-state index contributed by atoms with van der Waals surface area (Å²) in [6, 6.07) is 25.9. The highest BCUT2D eigenvalue weighted by molar-refractivity contribution is 6.08. The number of nitrogens with one attached hydrogen (secondary N) is 1. The second-order valence-corrected chi connectivity index (χ2v) is 8.08. The lowest BCUT2D eigenvalue weighted by Crippen LogP contribution is -2.17. The molecule has 6 N–H and O–H groups in total. The van der Waals surface area contributed by atoms with Crippen molar-refractivity contribution in [2.24, 2.45) is 11.5 Å². The zero-order chi connectivity index (χ0) is 24.8. The molecule has 0 aliphatic carbocycles. The van der Waals surface area contributed by atoms with Crippen molar-refractivity contribution in [1.29, 1.82) is 0 Å². The minimum atomic E-state index is -0.981. The SMILES string of the molecule is NCc1cccc(-c2ccc(-c3cccc(CN)c3)c(C(=O)Nc3ccccc3CC(=O)O)n2)c1. The quantitative estimate of drug-likeness (QED) is 0.308. The summed E-state index contributed by atoms with van der Waals surface area (Å²) in [6.07, 6.45) is -0.207. The van der Waals surface area contributed by atoms with Gasteiger partial charge in [0.2, 0.25) is 0 Å². The van der Waals surface area contributed by atoms with Gasteiger partial charge in [-0.05, 0) is 52.6 Å². The molecule has 0 radical (unpaired) electrons. The molecule has 0 atom stereocenters. The molecule has 0 aliphatic rings. The highest BCUT2D eigenvalue weighted by Gasteiger charge is 2.19. The number of aliphatic carboxylic acids is 1. The number of hydrogen-bond acceptors (Lipinski definition) is 5. The van der Waals surface area contributed by atoms with Crippen LogP contribution in [0, 0.1) is 0 Å². The molecular formula is C28H26N4O3. The van der Waals surface area contributed by atoms with Crippen molar-refractivity contribution in [2.75, 3.05) is 5.32 Å². The van der Waals surface area contributed by atoms with Gasteiger partial charge >= 0.3 is 5.97 Å². The molecule has 0 unspecified atom stereocenters. The highest BCUT2D eigenvalue weighted by atomic mass is 16.4. The van der Waals surface area contributed by atoms with Gasteiger partial charge in [0, 0.05) is 29.9 Å². The van der Waals surface area contributed by atoms with Crippen LogP contribution in [0.3, 0.4) is 0 Å². The van der Waals surface area contributed by atoms with Crippen LogP contribution in [0.25, 0.3) is 22.4 Å². The zero-order valence-electron chi connectivity index (χ0n) is 19.1. The van der Waals surface area contributed by atoms with Crippen molar-refractivity contribution >= 4 is 17.6 Å². The molecule has 176 valence electrons. The molecule has 0 saturated carbocycles. The molecule has 0 bridgehead atoms. The summed E-state index contributed by atoms with van der Waals surface area (Å²) < 4.78 is 0. The van der Waals surface area contributed by atoms with E-state index < -0.39 is 11.9 Å². The zero-order valence-corrected chi connectivity index (χ0v) is 19.1. The van der Waals surface area contributed by atoms with Crippen molar-refractivity contribution in [1.82, 2.24) is 4.98 Å². The van der Waals surface area contributed by atoms with E-state index in [0.29, 0.717) is 35.6 Å². The Balaban J connectivity index is 1.80. The van der Waals surface area contributed by atoms with Gasteiger partial charge in [-0.1, -0.05) is 54.6 Å². The molecule has 0 aliphatic heterocycles. The first-order chi connectivity index (χ1) is 17.0. The van der Waals surface area contributed by atoms with Gasteiger partial charge in [-0.15, -0.1) is 0 Å². The van der Waals surface area contributed by atoms with Gasteiger partial charge < -0.3 is 21.9 Å². The number of benzene rings is 3. The maximum absolute atomic E-state index is 13.5.